The normalized spacial score (nSPS) is 10.9. The molecule has 0 bridgehead atoms. The quantitative estimate of drug-likeness (QED) is 0.328. The molecular weight excluding hydrogens is 354 g/mol. The van der Waals surface area contributed by atoms with Gasteiger partial charge in [0.1, 0.15) is 11.3 Å². The summed E-state index contributed by atoms with van der Waals surface area (Å²) in [7, 11) is 0. The molecule has 0 aliphatic carbocycles. The van der Waals surface area contributed by atoms with Crippen molar-refractivity contribution in [1.82, 2.24) is 5.32 Å². The average Bonchev–Trinajstić information content (AvgIpc) is 2.55. The van der Waals surface area contributed by atoms with Crippen LogP contribution in [-0.4, -0.2) is 21.0 Å². The number of carbonyl (C=O) groups excluding carboxylic acids is 1. The van der Waals surface area contributed by atoms with Gasteiger partial charge in [0.05, 0.1) is 10.6 Å². The third-order valence-electron chi connectivity index (χ3n) is 3.68. The Balaban J connectivity index is 2.17. The molecule has 0 aliphatic heterocycles. The molecule has 0 aromatic heterocycles. The zero-order valence-corrected chi connectivity index (χ0v) is 15.4. The van der Waals surface area contributed by atoms with E-state index in [0.29, 0.717) is 5.69 Å². The van der Waals surface area contributed by atoms with Gasteiger partial charge < -0.3 is 10.4 Å². The third-order valence-corrected chi connectivity index (χ3v) is 3.89. The number of para-hydroxylation sites is 1. The predicted octanol–water partition coefficient (Wildman–Crippen LogP) is 3.72. The van der Waals surface area contributed by atoms with Crippen LogP contribution in [0.2, 0.25) is 0 Å². The van der Waals surface area contributed by atoms with E-state index in [1.54, 1.807) is 12.1 Å². The zero-order chi connectivity index (χ0) is 19.5. The average molecular weight is 373 g/mol. The summed E-state index contributed by atoms with van der Waals surface area (Å²) >= 11 is 5.09. The number of aromatic hydroxyl groups is 1. The summed E-state index contributed by atoms with van der Waals surface area (Å²) in [5.41, 5.74) is 0.746. The van der Waals surface area contributed by atoms with Gasteiger partial charge in [0.15, 0.2) is 5.11 Å². The lowest BCUT2D eigenvalue weighted by Crippen LogP contribution is -2.34. The second-order valence-corrected chi connectivity index (χ2v) is 7.07. The molecule has 2 aromatic rings. The van der Waals surface area contributed by atoms with Crippen molar-refractivity contribution in [1.29, 1.82) is 0 Å². The highest BCUT2D eigenvalue weighted by Crippen LogP contribution is 2.30. The first-order valence-electron chi connectivity index (χ1n) is 7.79. The Morgan fingerprint density at radius 1 is 1.19 bits per heavy atom. The molecule has 7 nitrogen and oxygen atoms in total. The van der Waals surface area contributed by atoms with Gasteiger partial charge in [-0.15, -0.1) is 0 Å². The highest BCUT2D eigenvalue weighted by atomic mass is 32.1. The van der Waals surface area contributed by atoms with Gasteiger partial charge in [-0.25, -0.2) is 0 Å². The molecule has 2 aromatic carbocycles. The van der Waals surface area contributed by atoms with Crippen LogP contribution in [-0.2, 0) is 5.41 Å². The molecular formula is C18H19N3O4S. The summed E-state index contributed by atoms with van der Waals surface area (Å²) in [6.45, 7) is 6.08. The molecule has 3 N–H and O–H groups in total. The lowest BCUT2D eigenvalue weighted by molar-refractivity contribution is -0.385. The molecule has 0 radical (unpaired) electrons. The molecule has 26 heavy (non-hydrogen) atoms. The van der Waals surface area contributed by atoms with Crippen molar-refractivity contribution in [2.75, 3.05) is 5.32 Å². The van der Waals surface area contributed by atoms with Crippen LogP contribution >= 0.6 is 12.2 Å². The van der Waals surface area contributed by atoms with Crippen LogP contribution in [0.25, 0.3) is 0 Å². The monoisotopic (exact) mass is 373 g/mol. The van der Waals surface area contributed by atoms with Gasteiger partial charge in [-0.2, -0.15) is 0 Å². The molecule has 136 valence electrons. The summed E-state index contributed by atoms with van der Waals surface area (Å²) < 4.78 is 0. The van der Waals surface area contributed by atoms with Crippen LogP contribution in [0.1, 0.15) is 36.7 Å². The largest absolute Gasteiger partial charge is 0.506 e. The van der Waals surface area contributed by atoms with E-state index in [2.05, 4.69) is 10.6 Å². The summed E-state index contributed by atoms with van der Waals surface area (Å²) in [5.74, 6) is -0.735. The number of phenols is 1. The number of phenolic OH excluding ortho intramolecular Hbond substituents is 1. The number of rotatable bonds is 3. The standard InChI is InChI=1S/C18H19N3O4S/c1-18(2,3)11-8-9-15(22)13(10-11)19-17(26)20-16(23)12-6-4-5-7-14(12)21(24)25/h4-10,22H,1-3H3,(H2,19,20,23,26). The minimum atomic E-state index is -0.707. The van der Waals surface area contributed by atoms with E-state index in [1.807, 2.05) is 20.8 Å². The number of nitro benzene ring substituents is 1. The van der Waals surface area contributed by atoms with Gasteiger partial charge in [0, 0.05) is 6.07 Å². The van der Waals surface area contributed by atoms with Gasteiger partial charge in [-0.05, 0) is 41.4 Å². The maximum absolute atomic E-state index is 12.3. The smallest absolute Gasteiger partial charge is 0.282 e. The molecule has 0 atom stereocenters. The Hall–Kier alpha value is -3.00. The van der Waals surface area contributed by atoms with Crippen LogP contribution in [0.5, 0.6) is 5.75 Å². The Kier molecular flexibility index (Phi) is 5.56. The minimum absolute atomic E-state index is 0.0275. The number of benzene rings is 2. The van der Waals surface area contributed by atoms with Crippen molar-refractivity contribution in [3.63, 3.8) is 0 Å². The summed E-state index contributed by atoms with van der Waals surface area (Å²) in [6.07, 6.45) is 0. The second-order valence-electron chi connectivity index (χ2n) is 6.66. The Morgan fingerprint density at radius 2 is 1.85 bits per heavy atom. The first-order valence-corrected chi connectivity index (χ1v) is 8.19. The summed E-state index contributed by atoms with van der Waals surface area (Å²) in [4.78, 5) is 22.7. The highest BCUT2D eigenvalue weighted by molar-refractivity contribution is 7.80. The lowest BCUT2D eigenvalue weighted by atomic mass is 9.87. The molecule has 0 fully saturated rings. The molecule has 0 heterocycles. The molecule has 8 heteroatoms. The molecule has 0 saturated carbocycles. The molecule has 0 spiro atoms. The second kappa shape index (κ2) is 7.49. The predicted molar refractivity (Wildman–Crippen MR) is 104 cm³/mol. The van der Waals surface area contributed by atoms with Crippen molar-refractivity contribution < 1.29 is 14.8 Å². The van der Waals surface area contributed by atoms with E-state index >= 15 is 0 Å². The number of carbonyl (C=O) groups is 1. The van der Waals surface area contributed by atoms with E-state index in [-0.39, 0.29) is 27.5 Å². The minimum Gasteiger partial charge on any atom is -0.506 e. The number of amides is 1. The maximum atomic E-state index is 12.3. The fraction of sp³-hybridized carbons (Fsp3) is 0.222. The number of nitro groups is 1. The molecule has 2 rings (SSSR count). The Bertz CT molecular complexity index is 875. The van der Waals surface area contributed by atoms with Gasteiger partial charge in [0.25, 0.3) is 11.6 Å². The molecule has 1 amide bonds. The van der Waals surface area contributed by atoms with E-state index in [4.69, 9.17) is 12.2 Å². The first-order chi connectivity index (χ1) is 12.1. The maximum Gasteiger partial charge on any atom is 0.282 e. The first kappa shape index (κ1) is 19.3. The lowest BCUT2D eigenvalue weighted by Gasteiger charge is -2.21. The number of nitrogens with one attached hydrogen (secondary N) is 2. The van der Waals surface area contributed by atoms with Gasteiger partial charge in [-0.1, -0.05) is 39.0 Å². The van der Waals surface area contributed by atoms with E-state index < -0.39 is 10.8 Å². The van der Waals surface area contributed by atoms with E-state index in [9.17, 15) is 20.0 Å². The Labute approximate surface area is 156 Å². The Morgan fingerprint density at radius 3 is 2.46 bits per heavy atom. The van der Waals surface area contributed by atoms with Crippen LogP contribution in [0.15, 0.2) is 42.5 Å². The topological polar surface area (TPSA) is 104 Å². The van der Waals surface area contributed by atoms with Crippen molar-refractivity contribution >= 4 is 34.6 Å². The number of thiocarbonyl (C=S) groups is 1. The van der Waals surface area contributed by atoms with Crippen LogP contribution in [0.3, 0.4) is 0 Å². The summed E-state index contributed by atoms with van der Waals surface area (Å²) in [6, 6.07) is 10.7. The van der Waals surface area contributed by atoms with Gasteiger partial charge >= 0.3 is 0 Å². The highest BCUT2D eigenvalue weighted by Gasteiger charge is 2.20. The SMILES string of the molecule is CC(C)(C)c1ccc(O)c(NC(=S)NC(=O)c2ccccc2[N+](=O)[O-])c1. The van der Waals surface area contributed by atoms with Crippen LogP contribution in [0, 0.1) is 10.1 Å². The van der Waals surface area contributed by atoms with Crippen molar-refractivity contribution in [2.24, 2.45) is 0 Å². The third kappa shape index (κ3) is 4.54. The molecule has 0 unspecified atom stereocenters. The van der Waals surface area contributed by atoms with E-state index in [1.165, 1.54) is 30.3 Å². The van der Waals surface area contributed by atoms with E-state index in [0.717, 1.165) is 5.56 Å². The fourth-order valence-corrected chi connectivity index (χ4v) is 2.45. The number of nitrogens with zero attached hydrogens (tertiary/aromatic N) is 1. The van der Waals surface area contributed by atoms with Crippen LogP contribution in [0.4, 0.5) is 11.4 Å². The van der Waals surface area contributed by atoms with Crippen LogP contribution < -0.4 is 10.6 Å². The summed E-state index contributed by atoms with van der Waals surface area (Å²) in [5, 5.41) is 26.1. The fourth-order valence-electron chi connectivity index (χ4n) is 2.25. The van der Waals surface area contributed by atoms with Crippen molar-refractivity contribution in [3.05, 3.63) is 63.7 Å². The van der Waals surface area contributed by atoms with Gasteiger partial charge in [-0.3, -0.25) is 20.2 Å². The van der Waals surface area contributed by atoms with Crippen molar-refractivity contribution in [3.8, 4) is 5.75 Å². The van der Waals surface area contributed by atoms with Gasteiger partial charge in [0.2, 0.25) is 0 Å². The zero-order valence-electron chi connectivity index (χ0n) is 14.6. The molecule has 0 saturated heterocycles. The molecule has 0 aliphatic rings. The number of anilines is 1. The van der Waals surface area contributed by atoms with Crippen molar-refractivity contribution in [2.45, 2.75) is 26.2 Å². The number of hydrogen-bond acceptors (Lipinski definition) is 5. The number of hydrogen-bond donors (Lipinski definition) is 3.